The third-order valence-electron chi connectivity index (χ3n) is 7.27. The van der Waals surface area contributed by atoms with Crippen LogP contribution in [0.25, 0.3) is 0 Å². The van der Waals surface area contributed by atoms with E-state index in [2.05, 4.69) is 14.4 Å². The van der Waals surface area contributed by atoms with Crippen molar-refractivity contribution in [1.82, 2.24) is 19.5 Å². The van der Waals surface area contributed by atoms with E-state index in [9.17, 15) is 19.2 Å². The van der Waals surface area contributed by atoms with Crippen LogP contribution in [-0.2, 0) is 37.0 Å². The van der Waals surface area contributed by atoms with E-state index in [1.807, 2.05) is 57.2 Å². The van der Waals surface area contributed by atoms with E-state index in [1.54, 1.807) is 17.0 Å². The fraction of sp³-hybridized carbons (Fsp3) is 0.321. The van der Waals surface area contributed by atoms with Gasteiger partial charge in [0.25, 0.3) is 11.8 Å². The number of benzene rings is 2. The second kappa shape index (κ2) is 10.2. The summed E-state index contributed by atoms with van der Waals surface area (Å²) in [6, 6.07) is 13.9. The molecule has 3 aromatic rings. The molecule has 2 aliphatic heterocycles. The van der Waals surface area contributed by atoms with Gasteiger partial charge >= 0.3 is 12.4 Å². The number of hydrogen-bond donors (Lipinski definition) is 0. The lowest BCUT2D eigenvalue weighted by atomic mass is 10.0. The van der Waals surface area contributed by atoms with Gasteiger partial charge in [0.15, 0.2) is 6.23 Å². The first-order chi connectivity index (χ1) is 18.3. The maximum atomic E-state index is 13.2. The van der Waals surface area contributed by atoms with Gasteiger partial charge in [0.1, 0.15) is 5.82 Å². The minimum Gasteiger partial charge on any atom is -0.438 e. The molecule has 2 aromatic carbocycles. The highest BCUT2D eigenvalue weighted by atomic mass is 16.7. The van der Waals surface area contributed by atoms with Gasteiger partial charge < -0.3 is 14.1 Å². The lowest BCUT2D eigenvalue weighted by molar-refractivity contribution is -0.203. The number of fused-ring (bicyclic) bond motifs is 1. The second-order valence-corrected chi connectivity index (χ2v) is 9.52. The number of ether oxygens (including phenoxy) is 1. The number of aromatic nitrogens is 2. The van der Waals surface area contributed by atoms with Crippen LogP contribution in [0.1, 0.15) is 63.3 Å². The first kappa shape index (κ1) is 25.3. The number of aryl methyl sites for hydroxylation is 2. The molecule has 0 radical (unpaired) electrons. The molecule has 38 heavy (non-hydrogen) atoms. The Morgan fingerprint density at radius 2 is 1.82 bits per heavy atom. The van der Waals surface area contributed by atoms with Gasteiger partial charge in [-0.15, -0.1) is 5.06 Å². The minimum absolute atomic E-state index is 0.0224. The number of hydrogen-bond acceptors (Lipinski definition) is 8. The van der Waals surface area contributed by atoms with Crippen LogP contribution in [0.5, 0.6) is 0 Å². The summed E-state index contributed by atoms with van der Waals surface area (Å²) in [6.45, 7) is 7.01. The Hall–Kier alpha value is -4.31. The van der Waals surface area contributed by atoms with Crippen molar-refractivity contribution < 1.29 is 28.8 Å². The average Bonchev–Trinajstić information content (AvgIpc) is 3.38. The van der Waals surface area contributed by atoms with E-state index in [1.165, 1.54) is 0 Å². The van der Waals surface area contributed by atoms with Crippen molar-refractivity contribution in [3.63, 3.8) is 0 Å². The largest absolute Gasteiger partial charge is 0.438 e. The highest BCUT2D eigenvalue weighted by Crippen LogP contribution is 2.39. The topological polar surface area (TPSA) is 111 Å². The zero-order chi connectivity index (χ0) is 27.0. The summed E-state index contributed by atoms with van der Waals surface area (Å²) < 4.78 is 8.09. The average molecular weight is 517 g/mol. The highest BCUT2D eigenvalue weighted by Gasteiger charge is 2.46. The third-order valence-corrected chi connectivity index (χ3v) is 7.27. The van der Waals surface area contributed by atoms with Crippen LogP contribution in [0.3, 0.4) is 0 Å². The monoisotopic (exact) mass is 516 g/mol. The fourth-order valence-corrected chi connectivity index (χ4v) is 5.14. The van der Waals surface area contributed by atoms with Crippen molar-refractivity contribution in [2.24, 2.45) is 0 Å². The molecule has 3 heterocycles. The molecule has 1 aromatic heterocycles. The summed E-state index contributed by atoms with van der Waals surface area (Å²) in [6.07, 6.45) is -0.591. The van der Waals surface area contributed by atoms with E-state index in [-0.39, 0.29) is 19.3 Å². The van der Waals surface area contributed by atoms with Crippen LogP contribution >= 0.6 is 0 Å². The number of amides is 2. The summed E-state index contributed by atoms with van der Waals surface area (Å²) in [4.78, 5) is 60.1. The standard InChI is InChI=1S/C28H28N4O6/c1-17-18(2)30(19(3)29-17)14-20-8-10-21(11-9-20)28(36)38-27-23-7-5-4-6-22(23)15-31(27)24-12-13-25(34)32(26(24)35)37-16-33/h4-11,16,24,27H,12-15H2,1-3H3. The number of nitrogens with zero attached hydrogens (tertiary/aromatic N) is 4. The summed E-state index contributed by atoms with van der Waals surface area (Å²) in [5.41, 5.74) is 5.17. The summed E-state index contributed by atoms with van der Waals surface area (Å²) in [5, 5.41) is 0.493. The smallest absolute Gasteiger partial charge is 0.339 e. The quantitative estimate of drug-likeness (QED) is 0.268. The maximum Gasteiger partial charge on any atom is 0.339 e. The molecule has 2 amide bonds. The number of esters is 1. The number of imidazole rings is 1. The van der Waals surface area contributed by atoms with Crippen molar-refractivity contribution in [1.29, 1.82) is 0 Å². The predicted molar refractivity (Wildman–Crippen MR) is 134 cm³/mol. The van der Waals surface area contributed by atoms with Crippen LogP contribution in [0, 0.1) is 20.8 Å². The van der Waals surface area contributed by atoms with Gasteiger partial charge in [-0.1, -0.05) is 36.4 Å². The second-order valence-electron chi connectivity index (χ2n) is 9.52. The molecule has 0 N–H and O–H groups in total. The van der Waals surface area contributed by atoms with E-state index in [4.69, 9.17) is 4.74 Å². The molecule has 10 heteroatoms. The lowest BCUT2D eigenvalue weighted by Gasteiger charge is -2.36. The highest BCUT2D eigenvalue weighted by molar-refractivity contribution is 5.99. The normalized spacial score (nSPS) is 19.4. The molecular weight excluding hydrogens is 488 g/mol. The SMILES string of the molecule is Cc1nc(C)n(Cc2ccc(C(=O)OC3c4ccccc4CN3C3CCC(=O)N(OC=O)C3=O)cc2)c1C. The molecule has 196 valence electrons. The number of piperidine rings is 1. The molecule has 0 spiro atoms. The Morgan fingerprint density at radius 3 is 2.50 bits per heavy atom. The zero-order valence-corrected chi connectivity index (χ0v) is 21.4. The van der Waals surface area contributed by atoms with E-state index < -0.39 is 30.1 Å². The Balaban J connectivity index is 1.35. The van der Waals surface area contributed by atoms with Gasteiger partial charge in [-0.2, -0.15) is 0 Å². The molecule has 1 fully saturated rings. The van der Waals surface area contributed by atoms with Gasteiger partial charge in [0, 0.05) is 30.8 Å². The number of imide groups is 1. The van der Waals surface area contributed by atoms with Gasteiger partial charge in [0.05, 0.1) is 17.3 Å². The van der Waals surface area contributed by atoms with Crippen molar-refractivity contribution in [2.45, 2.75) is 59.0 Å². The van der Waals surface area contributed by atoms with Gasteiger partial charge in [0.2, 0.25) is 0 Å². The van der Waals surface area contributed by atoms with Gasteiger partial charge in [-0.05, 0) is 50.5 Å². The van der Waals surface area contributed by atoms with Crippen LogP contribution < -0.4 is 0 Å². The van der Waals surface area contributed by atoms with Crippen LogP contribution in [0.2, 0.25) is 0 Å². The summed E-state index contributed by atoms with van der Waals surface area (Å²) >= 11 is 0. The summed E-state index contributed by atoms with van der Waals surface area (Å²) in [5.74, 6) is -0.846. The number of carbonyl (C=O) groups excluding carboxylic acids is 4. The Labute approximate surface area is 219 Å². The fourth-order valence-electron chi connectivity index (χ4n) is 5.14. The Morgan fingerprint density at radius 1 is 1.08 bits per heavy atom. The van der Waals surface area contributed by atoms with Crippen molar-refractivity contribution in [3.8, 4) is 0 Å². The zero-order valence-electron chi connectivity index (χ0n) is 21.4. The van der Waals surface area contributed by atoms with Crippen molar-refractivity contribution >= 4 is 24.3 Å². The number of rotatable bonds is 7. The first-order valence-electron chi connectivity index (χ1n) is 12.4. The molecule has 10 nitrogen and oxygen atoms in total. The molecule has 2 atom stereocenters. The van der Waals surface area contributed by atoms with E-state index >= 15 is 0 Å². The predicted octanol–water partition coefficient (Wildman–Crippen LogP) is 3.13. The minimum atomic E-state index is -0.835. The molecule has 5 rings (SSSR count). The molecule has 0 aliphatic carbocycles. The number of hydroxylamine groups is 2. The maximum absolute atomic E-state index is 13.2. The molecule has 0 saturated carbocycles. The van der Waals surface area contributed by atoms with Crippen LogP contribution in [-0.4, -0.2) is 49.8 Å². The lowest BCUT2D eigenvalue weighted by Crippen LogP contribution is -2.54. The first-order valence-corrected chi connectivity index (χ1v) is 12.4. The van der Waals surface area contributed by atoms with E-state index in [0.29, 0.717) is 23.7 Å². The molecule has 2 aliphatic rings. The van der Waals surface area contributed by atoms with Gasteiger partial charge in [-0.3, -0.25) is 14.4 Å². The van der Waals surface area contributed by atoms with Crippen molar-refractivity contribution in [2.75, 3.05) is 0 Å². The molecule has 2 unspecified atom stereocenters. The van der Waals surface area contributed by atoms with E-state index in [0.717, 1.165) is 33.9 Å². The number of carbonyl (C=O) groups is 4. The summed E-state index contributed by atoms with van der Waals surface area (Å²) in [7, 11) is 0. The van der Waals surface area contributed by atoms with Crippen LogP contribution in [0.4, 0.5) is 0 Å². The molecular formula is C28H28N4O6. The molecule has 1 saturated heterocycles. The molecule has 0 bridgehead atoms. The third kappa shape index (κ3) is 4.58. The Bertz CT molecular complexity index is 1410. The van der Waals surface area contributed by atoms with Crippen LogP contribution in [0.15, 0.2) is 48.5 Å². The van der Waals surface area contributed by atoms with Gasteiger partial charge in [-0.25, -0.2) is 14.7 Å². The Kier molecular flexibility index (Phi) is 6.81. The van der Waals surface area contributed by atoms with Crippen molar-refractivity contribution in [3.05, 3.63) is 88.0 Å².